The van der Waals surface area contributed by atoms with Crippen molar-refractivity contribution in [2.75, 3.05) is 18.6 Å². The van der Waals surface area contributed by atoms with Gasteiger partial charge >= 0.3 is 0 Å². The van der Waals surface area contributed by atoms with Crippen LogP contribution in [-0.4, -0.2) is 24.1 Å². The van der Waals surface area contributed by atoms with Gasteiger partial charge in [-0.2, -0.15) is 0 Å². The zero-order chi connectivity index (χ0) is 18.1. The van der Waals surface area contributed by atoms with Gasteiger partial charge in [0.1, 0.15) is 17.3 Å². The highest BCUT2D eigenvalue weighted by molar-refractivity contribution is 5.97. The molecule has 6 heteroatoms. The Bertz CT molecular complexity index is 875. The van der Waals surface area contributed by atoms with Gasteiger partial charge in [-0.05, 0) is 37.1 Å². The van der Waals surface area contributed by atoms with Gasteiger partial charge in [0.2, 0.25) is 5.91 Å². The fourth-order valence-corrected chi connectivity index (χ4v) is 3.33. The number of anilines is 1. The first kappa shape index (κ1) is 17.2. The predicted molar refractivity (Wildman–Crippen MR) is 93.8 cm³/mol. The summed E-state index contributed by atoms with van der Waals surface area (Å²) in [6.45, 7) is 4.52. The van der Waals surface area contributed by atoms with E-state index >= 15 is 0 Å². The molecule has 1 amide bonds. The van der Waals surface area contributed by atoms with Crippen LogP contribution in [0.2, 0.25) is 0 Å². The number of aryl methyl sites for hydroxylation is 2. The van der Waals surface area contributed by atoms with Gasteiger partial charge < -0.3 is 14.2 Å². The molecule has 5 nitrogen and oxygen atoms in total. The molecule has 3 rings (SSSR count). The zero-order valence-corrected chi connectivity index (χ0v) is 14.6. The van der Waals surface area contributed by atoms with Crippen molar-refractivity contribution in [3.63, 3.8) is 0 Å². The molecule has 0 N–H and O–H groups in total. The number of amides is 1. The Balaban J connectivity index is 1.95. The first-order valence-corrected chi connectivity index (χ1v) is 8.30. The summed E-state index contributed by atoms with van der Waals surface area (Å²) in [5.41, 5.74) is 1.43. The van der Waals surface area contributed by atoms with Crippen LogP contribution < -0.4 is 15.2 Å². The fraction of sp³-hybridized carbons (Fsp3) is 0.368. The molecule has 132 valence electrons. The lowest BCUT2D eigenvalue weighted by molar-refractivity contribution is -0.117. The summed E-state index contributed by atoms with van der Waals surface area (Å²) in [7, 11) is 1.48. The van der Waals surface area contributed by atoms with E-state index in [0.717, 1.165) is 5.56 Å². The highest BCUT2D eigenvalue weighted by atomic mass is 19.1. The number of carbonyl (C=O) groups is 1. The second-order valence-electron chi connectivity index (χ2n) is 6.23. The molecule has 1 aromatic heterocycles. The SMILES string of the molecule is CCn1ccc(C)c(N2C[C@@H](c3ccc(OC)cc3F)CC2=O)c1=O. The minimum absolute atomic E-state index is 0.158. The molecule has 25 heavy (non-hydrogen) atoms. The molecule has 0 spiro atoms. The molecule has 0 radical (unpaired) electrons. The number of aromatic nitrogens is 1. The van der Waals surface area contributed by atoms with E-state index in [9.17, 15) is 14.0 Å². The van der Waals surface area contributed by atoms with Crippen molar-refractivity contribution in [3.8, 4) is 5.75 Å². The Labute approximate surface area is 145 Å². The number of ether oxygens (including phenoxy) is 1. The maximum absolute atomic E-state index is 14.3. The number of methoxy groups -OCH3 is 1. The highest BCUT2D eigenvalue weighted by Crippen LogP contribution is 2.34. The summed E-state index contributed by atoms with van der Waals surface area (Å²) in [4.78, 5) is 26.7. The molecule has 1 aliphatic rings. The summed E-state index contributed by atoms with van der Waals surface area (Å²) in [6.07, 6.45) is 1.91. The summed E-state index contributed by atoms with van der Waals surface area (Å²) < 4.78 is 20.9. The van der Waals surface area contributed by atoms with Crippen LogP contribution >= 0.6 is 0 Å². The van der Waals surface area contributed by atoms with Crippen molar-refractivity contribution < 1.29 is 13.9 Å². The van der Waals surface area contributed by atoms with E-state index in [4.69, 9.17) is 4.74 Å². The van der Waals surface area contributed by atoms with Gasteiger partial charge in [-0.15, -0.1) is 0 Å². The molecular formula is C19H21FN2O3. The van der Waals surface area contributed by atoms with Gasteiger partial charge in [-0.3, -0.25) is 9.59 Å². The van der Waals surface area contributed by atoms with E-state index in [1.165, 1.54) is 18.1 Å². The third kappa shape index (κ3) is 3.04. The van der Waals surface area contributed by atoms with Gasteiger partial charge in [0, 0.05) is 37.7 Å². The largest absolute Gasteiger partial charge is 0.497 e. The molecule has 1 atom stereocenters. The van der Waals surface area contributed by atoms with E-state index in [1.54, 1.807) is 22.9 Å². The molecular weight excluding hydrogens is 323 g/mol. The quantitative estimate of drug-likeness (QED) is 0.857. The molecule has 1 fully saturated rings. The molecule has 1 aromatic carbocycles. The van der Waals surface area contributed by atoms with E-state index in [-0.39, 0.29) is 23.8 Å². The monoisotopic (exact) mass is 344 g/mol. The van der Waals surface area contributed by atoms with Crippen molar-refractivity contribution in [1.29, 1.82) is 0 Å². The number of hydrogen-bond donors (Lipinski definition) is 0. The minimum atomic E-state index is -0.394. The Morgan fingerprint density at radius 2 is 2.04 bits per heavy atom. The molecule has 0 bridgehead atoms. The van der Waals surface area contributed by atoms with Crippen LogP contribution in [0.3, 0.4) is 0 Å². The lowest BCUT2D eigenvalue weighted by Crippen LogP contribution is -2.34. The smallest absolute Gasteiger partial charge is 0.274 e. The Morgan fingerprint density at radius 3 is 2.68 bits per heavy atom. The second-order valence-corrected chi connectivity index (χ2v) is 6.23. The summed E-state index contributed by atoms with van der Waals surface area (Å²) in [6, 6.07) is 6.48. The van der Waals surface area contributed by atoms with Crippen molar-refractivity contribution >= 4 is 11.6 Å². The van der Waals surface area contributed by atoms with Gasteiger partial charge in [-0.25, -0.2) is 4.39 Å². The van der Waals surface area contributed by atoms with Crippen molar-refractivity contribution in [2.24, 2.45) is 0 Å². The molecule has 2 heterocycles. The normalized spacial score (nSPS) is 17.2. The number of rotatable bonds is 4. The van der Waals surface area contributed by atoms with Gasteiger partial charge in [0.05, 0.1) is 7.11 Å². The van der Waals surface area contributed by atoms with Crippen LogP contribution in [0.25, 0.3) is 0 Å². The third-order valence-electron chi connectivity index (χ3n) is 4.72. The lowest BCUT2D eigenvalue weighted by Gasteiger charge is -2.20. The number of pyridine rings is 1. The zero-order valence-electron chi connectivity index (χ0n) is 14.6. The lowest BCUT2D eigenvalue weighted by atomic mass is 9.97. The van der Waals surface area contributed by atoms with E-state index in [0.29, 0.717) is 30.1 Å². The predicted octanol–water partition coefficient (Wildman–Crippen LogP) is 2.84. The first-order valence-electron chi connectivity index (χ1n) is 8.30. The van der Waals surface area contributed by atoms with Crippen LogP contribution in [0.15, 0.2) is 35.3 Å². The molecule has 1 aliphatic heterocycles. The summed E-state index contributed by atoms with van der Waals surface area (Å²) in [5, 5.41) is 0. The second kappa shape index (κ2) is 6.70. The maximum atomic E-state index is 14.3. The fourth-order valence-electron chi connectivity index (χ4n) is 3.33. The van der Waals surface area contributed by atoms with Crippen LogP contribution in [0.5, 0.6) is 5.75 Å². The van der Waals surface area contributed by atoms with Gasteiger partial charge in [0.25, 0.3) is 5.56 Å². The Morgan fingerprint density at radius 1 is 1.28 bits per heavy atom. The van der Waals surface area contributed by atoms with Crippen molar-refractivity contribution in [2.45, 2.75) is 32.7 Å². The standard InChI is InChI=1S/C19H21FN2O3/c1-4-21-8-7-12(2)18(19(21)24)22-11-13(9-17(22)23)15-6-5-14(25-3)10-16(15)20/h5-8,10,13H,4,9,11H2,1-3H3/t13-/m0/s1. The molecule has 1 saturated heterocycles. The van der Waals surface area contributed by atoms with Gasteiger partial charge in [0.15, 0.2) is 0 Å². The van der Waals surface area contributed by atoms with Crippen LogP contribution in [0, 0.1) is 12.7 Å². The molecule has 0 aliphatic carbocycles. The number of carbonyl (C=O) groups excluding carboxylic acids is 1. The average molecular weight is 344 g/mol. The highest BCUT2D eigenvalue weighted by Gasteiger charge is 2.35. The number of hydrogen-bond acceptors (Lipinski definition) is 3. The topological polar surface area (TPSA) is 51.5 Å². The molecule has 2 aromatic rings. The minimum Gasteiger partial charge on any atom is -0.497 e. The van der Waals surface area contributed by atoms with Crippen molar-refractivity contribution in [3.05, 3.63) is 57.8 Å². The number of nitrogens with zero attached hydrogens (tertiary/aromatic N) is 2. The molecule has 0 saturated carbocycles. The van der Waals surface area contributed by atoms with E-state index in [2.05, 4.69) is 0 Å². The first-order chi connectivity index (χ1) is 12.0. The van der Waals surface area contributed by atoms with Gasteiger partial charge in [-0.1, -0.05) is 6.07 Å². The van der Waals surface area contributed by atoms with Crippen LogP contribution in [0.4, 0.5) is 10.1 Å². The summed E-state index contributed by atoms with van der Waals surface area (Å²) in [5.74, 6) is -0.399. The maximum Gasteiger partial charge on any atom is 0.274 e. The van der Waals surface area contributed by atoms with E-state index < -0.39 is 5.82 Å². The average Bonchev–Trinajstić information content (AvgIpc) is 2.96. The van der Waals surface area contributed by atoms with Crippen LogP contribution in [0.1, 0.15) is 30.4 Å². The number of benzene rings is 1. The Hall–Kier alpha value is -2.63. The van der Waals surface area contributed by atoms with Crippen LogP contribution in [-0.2, 0) is 11.3 Å². The third-order valence-corrected chi connectivity index (χ3v) is 4.72. The summed E-state index contributed by atoms with van der Waals surface area (Å²) >= 11 is 0. The molecule has 0 unspecified atom stereocenters. The van der Waals surface area contributed by atoms with Crippen molar-refractivity contribution in [1.82, 2.24) is 4.57 Å². The van der Waals surface area contributed by atoms with E-state index in [1.807, 2.05) is 19.9 Å². The number of halogens is 1. The Kier molecular flexibility index (Phi) is 4.61.